The summed E-state index contributed by atoms with van der Waals surface area (Å²) in [5, 5.41) is -0.610. The fourth-order valence-electron chi connectivity index (χ4n) is 1.10. The van der Waals surface area contributed by atoms with Crippen LogP contribution in [0.25, 0.3) is 0 Å². The highest BCUT2D eigenvalue weighted by molar-refractivity contribution is 6.67. The lowest BCUT2D eigenvalue weighted by molar-refractivity contribution is 0.108. The molecule has 0 spiro atoms. The topological polar surface area (TPSA) is 35.5 Å². The van der Waals surface area contributed by atoms with Crippen LogP contribution in [0.4, 0.5) is 0 Å². The van der Waals surface area contributed by atoms with Crippen LogP contribution < -0.4 is 9.47 Å². The second-order valence-corrected chi connectivity index (χ2v) is 3.30. The first-order chi connectivity index (χ1) is 8.17. The maximum atomic E-state index is 11.1. The highest BCUT2D eigenvalue weighted by atomic mass is 35.5. The van der Waals surface area contributed by atoms with Gasteiger partial charge in [-0.2, -0.15) is 0 Å². The number of hydrogen-bond donors (Lipinski definition) is 0. The van der Waals surface area contributed by atoms with E-state index in [2.05, 4.69) is 11.8 Å². The number of hydrogen-bond acceptors (Lipinski definition) is 3. The Morgan fingerprint density at radius 2 is 1.59 bits per heavy atom. The quantitative estimate of drug-likeness (QED) is 0.591. The summed E-state index contributed by atoms with van der Waals surface area (Å²) in [6.07, 6.45) is 10.1. The summed E-state index contributed by atoms with van der Waals surface area (Å²) in [5.74, 6) is 5.44. The Kier molecular flexibility index (Phi) is 4.94. The summed E-state index contributed by atoms with van der Waals surface area (Å²) in [6.45, 7) is 0.184. The van der Waals surface area contributed by atoms with Crippen LogP contribution in [0.15, 0.2) is 18.2 Å². The zero-order valence-electron chi connectivity index (χ0n) is 8.90. The smallest absolute Gasteiger partial charge is 0.252 e. The van der Waals surface area contributed by atoms with Crippen molar-refractivity contribution in [3.8, 4) is 36.2 Å². The largest absolute Gasteiger partial charge is 0.481 e. The monoisotopic (exact) mass is 248 g/mol. The third kappa shape index (κ3) is 4.10. The molecule has 0 atom stereocenters. The number of rotatable bonds is 5. The van der Waals surface area contributed by atoms with Crippen LogP contribution in [0.3, 0.4) is 0 Å². The molecule has 0 aromatic heterocycles. The molecule has 0 fully saturated rings. The molecule has 1 aromatic carbocycles. The van der Waals surface area contributed by atoms with Crippen molar-refractivity contribution < 1.29 is 14.3 Å². The Morgan fingerprint density at radius 1 is 1.12 bits per heavy atom. The van der Waals surface area contributed by atoms with Crippen molar-refractivity contribution in [2.75, 3.05) is 13.2 Å². The average molecular weight is 249 g/mol. The van der Waals surface area contributed by atoms with Crippen LogP contribution in [-0.2, 0) is 0 Å². The van der Waals surface area contributed by atoms with E-state index >= 15 is 0 Å². The van der Waals surface area contributed by atoms with Gasteiger partial charge >= 0.3 is 0 Å². The van der Waals surface area contributed by atoms with Crippen LogP contribution >= 0.6 is 11.6 Å². The molecule has 0 heterocycles. The van der Waals surface area contributed by atoms with E-state index in [4.69, 9.17) is 33.9 Å². The molecule has 3 nitrogen and oxygen atoms in total. The standard InChI is InChI=1S/C13H9ClO3/c1-3-5-16-11-7-10(13(14)15)8-12(9-11)17-6-4-2/h1-2,7-9H,5-6H2. The summed E-state index contributed by atoms with van der Waals surface area (Å²) in [7, 11) is 0. The maximum Gasteiger partial charge on any atom is 0.252 e. The predicted molar refractivity (Wildman–Crippen MR) is 65.3 cm³/mol. The number of halogens is 1. The molecule has 0 amide bonds. The molecule has 86 valence electrons. The molecule has 0 unspecified atom stereocenters. The summed E-state index contributed by atoms with van der Waals surface area (Å²) >= 11 is 5.38. The van der Waals surface area contributed by atoms with Crippen LogP contribution in [-0.4, -0.2) is 18.5 Å². The number of terminal acetylenes is 2. The highest BCUT2D eigenvalue weighted by Crippen LogP contribution is 2.24. The zero-order chi connectivity index (χ0) is 12.7. The molecule has 0 bridgehead atoms. The van der Waals surface area contributed by atoms with Gasteiger partial charge in [0.1, 0.15) is 24.7 Å². The van der Waals surface area contributed by atoms with Gasteiger partial charge in [-0.25, -0.2) is 0 Å². The van der Waals surface area contributed by atoms with Crippen molar-refractivity contribution in [2.24, 2.45) is 0 Å². The van der Waals surface area contributed by atoms with Crippen molar-refractivity contribution in [1.82, 2.24) is 0 Å². The molecule has 1 aromatic rings. The van der Waals surface area contributed by atoms with Crippen molar-refractivity contribution in [2.45, 2.75) is 0 Å². The minimum Gasteiger partial charge on any atom is -0.481 e. The lowest BCUT2D eigenvalue weighted by Gasteiger charge is -2.08. The van der Waals surface area contributed by atoms with Crippen molar-refractivity contribution in [3.63, 3.8) is 0 Å². The van der Waals surface area contributed by atoms with Gasteiger partial charge in [0.05, 0.1) is 0 Å². The second kappa shape index (κ2) is 6.48. The lowest BCUT2D eigenvalue weighted by atomic mass is 10.2. The van der Waals surface area contributed by atoms with E-state index in [1.165, 1.54) is 12.1 Å². The molecule has 17 heavy (non-hydrogen) atoms. The summed E-state index contributed by atoms with van der Waals surface area (Å²) in [6, 6.07) is 4.54. The minimum atomic E-state index is -0.610. The van der Waals surface area contributed by atoms with E-state index in [0.29, 0.717) is 11.5 Å². The zero-order valence-corrected chi connectivity index (χ0v) is 9.66. The molecule has 0 aliphatic carbocycles. The van der Waals surface area contributed by atoms with E-state index in [1.807, 2.05) is 0 Å². The molecule has 0 N–H and O–H groups in total. The second-order valence-electron chi connectivity index (χ2n) is 2.95. The average Bonchev–Trinajstić information content (AvgIpc) is 2.33. The number of carbonyl (C=O) groups excluding carboxylic acids is 1. The van der Waals surface area contributed by atoms with Gasteiger partial charge in [0.2, 0.25) is 0 Å². The first-order valence-corrected chi connectivity index (χ1v) is 5.02. The number of ether oxygens (including phenoxy) is 2. The highest BCUT2D eigenvalue weighted by Gasteiger charge is 2.07. The minimum absolute atomic E-state index is 0.0918. The van der Waals surface area contributed by atoms with E-state index in [0.717, 1.165) is 0 Å². The molecule has 0 saturated heterocycles. The fourth-order valence-corrected chi connectivity index (χ4v) is 1.21. The van der Waals surface area contributed by atoms with E-state index in [9.17, 15) is 4.79 Å². The summed E-state index contributed by atoms with van der Waals surface area (Å²) in [5.41, 5.74) is 0.258. The normalized spacial score (nSPS) is 8.88. The van der Waals surface area contributed by atoms with Crippen molar-refractivity contribution in [3.05, 3.63) is 23.8 Å². The van der Waals surface area contributed by atoms with Gasteiger partial charge in [0.25, 0.3) is 5.24 Å². The Morgan fingerprint density at radius 3 is 1.94 bits per heavy atom. The third-order valence-corrected chi connectivity index (χ3v) is 1.97. The first-order valence-electron chi connectivity index (χ1n) is 4.65. The molecule has 0 aliphatic heterocycles. The van der Waals surface area contributed by atoms with Gasteiger partial charge < -0.3 is 9.47 Å². The number of benzene rings is 1. The SMILES string of the molecule is C#CCOc1cc(OCC#C)cc(C(=O)Cl)c1. The molecule has 0 radical (unpaired) electrons. The summed E-state index contributed by atoms with van der Waals surface area (Å²) in [4.78, 5) is 11.1. The van der Waals surface area contributed by atoms with Crippen LogP contribution in [0.5, 0.6) is 11.5 Å². The van der Waals surface area contributed by atoms with Crippen LogP contribution in [0.1, 0.15) is 10.4 Å². The summed E-state index contributed by atoms with van der Waals surface area (Å²) < 4.78 is 10.4. The molecule has 0 saturated carbocycles. The first kappa shape index (κ1) is 13.0. The van der Waals surface area contributed by atoms with Gasteiger partial charge in [-0.05, 0) is 23.7 Å². The van der Waals surface area contributed by atoms with Crippen LogP contribution in [0, 0.1) is 24.7 Å². The van der Waals surface area contributed by atoms with Gasteiger partial charge in [-0.15, -0.1) is 12.8 Å². The maximum absolute atomic E-state index is 11.1. The van der Waals surface area contributed by atoms with E-state index < -0.39 is 5.24 Å². The van der Waals surface area contributed by atoms with Gasteiger partial charge in [0.15, 0.2) is 0 Å². The Hall–Kier alpha value is -2.10. The van der Waals surface area contributed by atoms with E-state index in [-0.39, 0.29) is 18.8 Å². The molecular weight excluding hydrogens is 240 g/mol. The molecule has 4 heteroatoms. The van der Waals surface area contributed by atoms with Gasteiger partial charge in [-0.1, -0.05) is 11.8 Å². The molecular formula is C13H9ClO3. The Labute approximate surface area is 105 Å². The molecule has 1 rings (SSSR count). The fraction of sp³-hybridized carbons (Fsp3) is 0.154. The molecule has 0 aliphatic rings. The van der Waals surface area contributed by atoms with Gasteiger partial charge in [-0.3, -0.25) is 4.79 Å². The third-order valence-electron chi connectivity index (χ3n) is 1.75. The van der Waals surface area contributed by atoms with E-state index in [1.54, 1.807) is 6.07 Å². The van der Waals surface area contributed by atoms with Gasteiger partial charge in [0, 0.05) is 11.6 Å². The Balaban J connectivity index is 2.98. The lowest BCUT2D eigenvalue weighted by Crippen LogP contribution is -1.99. The predicted octanol–water partition coefficient (Wildman–Crippen LogP) is 2.09. The van der Waals surface area contributed by atoms with Crippen molar-refractivity contribution in [1.29, 1.82) is 0 Å². The van der Waals surface area contributed by atoms with Crippen LogP contribution in [0.2, 0.25) is 0 Å². The van der Waals surface area contributed by atoms with Crippen molar-refractivity contribution >= 4 is 16.8 Å². The number of carbonyl (C=O) groups is 1. The Bertz CT molecular complexity index is 458.